The van der Waals surface area contributed by atoms with Gasteiger partial charge in [-0.25, -0.2) is 4.98 Å². The first-order valence-electron chi connectivity index (χ1n) is 5.44. The minimum absolute atomic E-state index is 0.413. The molecule has 0 radical (unpaired) electrons. The van der Waals surface area contributed by atoms with Crippen LogP contribution in [0.2, 0.25) is 5.02 Å². The first kappa shape index (κ1) is 10.9. The van der Waals surface area contributed by atoms with E-state index in [0.717, 1.165) is 16.7 Å². The van der Waals surface area contributed by atoms with Gasteiger partial charge < -0.3 is 4.42 Å². The van der Waals surface area contributed by atoms with Gasteiger partial charge in [-0.3, -0.25) is 0 Å². The second-order valence-corrected chi connectivity index (χ2v) is 4.18. The molecule has 0 aliphatic carbocycles. The normalized spacial score (nSPS) is 10.1. The third-order valence-corrected chi connectivity index (χ3v) is 2.67. The Kier molecular flexibility index (Phi) is 2.76. The van der Waals surface area contributed by atoms with Crippen molar-refractivity contribution in [2.24, 2.45) is 0 Å². The topological polar surface area (TPSA) is 26.0 Å². The standard InChI is InChI=1S/C15H8ClNO/c16-12-5-3-4-11(10-12)8-9-15-17-13-6-1-2-7-14(13)18-15/h1-7,10H. The predicted octanol–water partition coefficient (Wildman–Crippen LogP) is 3.88. The van der Waals surface area contributed by atoms with Crippen molar-refractivity contribution in [3.63, 3.8) is 0 Å². The quantitative estimate of drug-likeness (QED) is 0.568. The van der Waals surface area contributed by atoms with Gasteiger partial charge in [0.2, 0.25) is 0 Å². The molecule has 0 saturated heterocycles. The summed E-state index contributed by atoms with van der Waals surface area (Å²) < 4.78 is 5.50. The van der Waals surface area contributed by atoms with Crippen LogP contribution in [0.1, 0.15) is 11.5 Å². The first-order chi connectivity index (χ1) is 8.81. The van der Waals surface area contributed by atoms with Gasteiger partial charge in [0, 0.05) is 10.6 Å². The monoisotopic (exact) mass is 253 g/mol. The van der Waals surface area contributed by atoms with Gasteiger partial charge in [-0.2, -0.15) is 0 Å². The third kappa shape index (κ3) is 2.22. The van der Waals surface area contributed by atoms with E-state index in [1.54, 1.807) is 6.07 Å². The lowest BCUT2D eigenvalue weighted by Gasteiger charge is -1.89. The Hall–Kier alpha value is -2.24. The van der Waals surface area contributed by atoms with Crippen molar-refractivity contribution in [1.82, 2.24) is 4.98 Å². The summed E-state index contributed by atoms with van der Waals surface area (Å²) in [4.78, 5) is 4.28. The molecular formula is C15H8ClNO. The van der Waals surface area contributed by atoms with Gasteiger partial charge in [-0.15, -0.1) is 0 Å². The van der Waals surface area contributed by atoms with Crippen molar-refractivity contribution in [1.29, 1.82) is 0 Å². The third-order valence-electron chi connectivity index (χ3n) is 2.43. The SMILES string of the molecule is Clc1cccc(C#Cc2nc3ccccc3o2)c1. The van der Waals surface area contributed by atoms with Crippen molar-refractivity contribution < 1.29 is 4.42 Å². The number of halogens is 1. The number of rotatable bonds is 0. The summed E-state index contributed by atoms with van der Waals surface area (Å²) in [6, 6.07) is 14.9. The Morgan fingerprint density at radius 2 is 1.89 bits per heavy atom. The molecule has 0 unspecified atom stereocenters. The number of para-hydroxylation sites is 2. The van der Waals surface area contributed by atoms with Crippen molar-refractivity contribution in [3.8, 4) is 11.8 Å². The molecule has 0 aliphatic rings. The molecule has 3 aromatic rings. The molecule has 2 nitrogen and oxygen atoms in total. The molecule has 0 spiro atoms. The highest BCUT2D eigenvalue weighted by Crippen LogP contribution is 2.14. The Labute approximate surface area is 109 Å². The van der Waals surface area contributed by atoms with Crippen LogP contribution in [0, 0.1) is 11.8 Å². The molecule has 0 amide bonds. The number of oxazole rings is 1. The van der Waals surface area contributed by atoms with Gasteiger partial charge in [0.1, 0.15) is 5.52 Å². The van der Waals surface area contributed by atoms with E-state index in [4.69, 9.17) is 16.0 Å². The van der Waals surface area contributed by atoms with Crippen LogP contribution in [0.25, 0.3) is 11.1 Å². The number of fused-ring (bicyclic) bond motifs is 1. The van der Waals surface area contributed by atoms with Crippen molar-refractivity contribution in [3.05, 3.63) is 65.0 Å². The molecule has 1 heterocycles. The maximum absolute atomic E-state index is 5.88. The average molecular weight is 254 g/mol. The number of hydrogen-bond acceptors (Lipinski definition) is 2. The van der Waals surface area contributed by atoms with Crippen LogP contribution < -0.4 is 0 Å². The Morgan fingerprint density at radius 3 is 2.72 bits per heavy atom. The molecule has 0 aliphatic heterocycles. The van der Waals surface area contributed by atoms with Gasteiger partial charge >= 0.3 is 0 Å². The number of hydrogen-bond donors (Lipinski definition) is 0. The van der Waals surface area contributed by atoms with Gasteiger partial charge in [0.25, 0.3) is 5.89 Å². The minimum atomic E-state index is 0.413. The fourth-order valence-electron chi connectivity index (χ4n) is 1.62. The molecule has 0 N–H and O–H groups in total. The molecule has 1 aromatic heterocycles. The Balaban J connectivity index is 1.97. The van der Waals surface area contributed by atoms with E-state index < -0.39 is 0 Å². The second kappa shape index (κ2) is 4.56. The zero-order valence-corrected chi connectivity index (χ0v) is 10.1. The van der Waals surface area contributed by atoms with Crippen molar-refractivity contribution >= 4 is 22.7 Å². The fraction of sp³-hybridized carbons (Fsp3) is 0. The van der Waals surface area contributed by atoms with E-state index in [2.05, 4.69) is 16.8 Å². The molecular weight excluding hydrogens is 246 g/mol. The second-order valence-electron chi connectivity index (χ2n) is 3.75. The zero-order valence-electron chi connectivity index (χ0n) is 9.35. The van der Waals surface area contributed by atoms with Crippen LogP contribution >= 0.6 is 11.6 Å². The molecule has 2 aromatic carbocycles. The summed E-state index contributed by atoms with van der Waals surface area (Å²) >= 11 is 5.88. The Bertz CT molecular complexity index is 732. The molecule has 86 valence electrons. The van der Waals surface area contributed by atoms with E-state index in [1.807, 2.05) is 42.5 Å². The smallest absolute Gasteiger partial charge is 0.274 e. The maximum Gasteiger partial charge on any atom is 0.274 e. The molecule has 3 rings (SSSR count). The zero-order chi connectivity index (χ0) is 12.4. The van der Waals surface area contributed by atoms with Crippen molar-refractivity contribution in [2.45, 2.75) is 0 Å². The van der Waals surface area contributed by atoms with Crippen LogP contribution in [0.5, 0.6) is 0 Å². The largest absolute Gasteiger partial charge is 0.430 e. The van der Waals surface area contributed by atoms with E-state index in [1.165, 1.54) is 0 Å². The summed E-state index contributed by atoms with van der Waals surface area (Å²) in [5.41, 5.74) is 2.39. The van der Waals surface area contributed by atoms with E-state index in [9.17, 15) is 0 Å². The van der Waals surface area contributed by atoms with E-state index in [-0.39, 0.29) is 0 Å². The van der Waals surface area contributed by atoms with Gasteiger partial charge in [-0.05, 0) is 36.3 Å². The number of nitrogens with zero attached hydrogens (tertiary/aromatic N) is 1. The molecule has 18 heavy (non-hydrogen) atoms. The summed E-state index contributed by atoms with van der Waals surface area (Å²) in [5, 5.41) is 0.666. The number of aromatic nitrogens is 1. The summed E-state index contributed by atoms with van der Waals surface area (Å²) in [5.74, 6) is 6.28. The fourth-order valence-corrected chi connectivity index (χ4v) is 1.81. The van der Waals surface area contributed by atoms with Crippen LogP contribution in [0.4, 0.5) is 0 Å². The van der Waals surface area contributed by atoms with E-state index in [0.29, 0.717) is 10.9 Å². The molecule has 0 saturated carbocycles. The lowest BCUT2D eigenvalue weighted by molar-refractivity contribution is 0.586. The molecule has 0 atom stereocenters. The predicted molar refractivity (Wildman–Crippen MR) is 71.4 cm³/mol. The van der Waals surface area contributed by atoms with E-state index >= 15 is 0 Å². The van der Waals surface area contributed by atoms with Crippen LogP contribution in [-0.4, -0.2) is 4.98 Å². The highest BCUT2D eigenvalue weighted by Gasteiger charge is 2.00. The van der Waals surface area contributed by atoms with Gasteiger partial charge in [0.05, 0.1) is 0 Å². The number of benzene rings is 2. The highest BCUT2D eigenvalue weighted by molar-refractivity contribution is 6.30. The average Bonchev–Trinajstić information content (AvgIpc) is 2.79. The maximum atomic E-state index is 5.88. The highest BCUT2D eigenvalue weighted by atomic mass is 35.5. The lowest BCUT2D eigenvalue weighted by atomic mass is 10.2. The van der Waals surface area contributed by atoms with Crippen LogP contribution in [0.15, 0.2) is 52.9 Å². The van der Waals surface area contributed by atoms with Crippen molar-refractivity contribution in [2.75, 3.05) is 0 Å². The molecule has 0 bridgehead atoms. The Morgan fingerprint density at radius 1 is 1.00 bits per heavy atom. The first-order valence-corrected chi connectivity index (χ1v) is 5.82. The molecule has 3 heteroatoms. The van der Waals surface area contributed by atoms with Gasteiger partial charge in [0.15, 0.2) is 5.58 Å². The van der Waals surface area contributed by atoms with Crippen LogP contribution in [-0.2, 0) is 0 Å². The summed E-state index contributed by atoms with van der Waals surface area (Å²) in [6.07, 6.45) is 0. The van der Waals surface area contributed by atoms with Crippen LogP contribution in [0.3, 0.4) is 0 Å². The molecule has 0 fully saturated rings. The lowest BCUT2D eigenvalue weighted by Crippen LogP contribution is -1.75. The summed E-state index contributed by atoms with van der Waals surface area (Å²) in [6.45, 7) is 0. The summed E-state index contributed by atoms with van der Waals surface area (Å²) in [7, 11) is 0. The van der Waals surface area contributed by atoms with Gasteiger partial charge in [-0.1, -0.05) is 35.7 Å². The minimum Gasteiger partial charge on any atom is -0.430 e.